The topological polar surface area (TPSA) is 60.9 Å². The van der Waals surface area contributed by atoms with Gasteiger partial charge in [0.25, 0.3) is 5.91 Å². The Morgan fingerprint density at radius 2 is 1.44 bits per heavy atom. The fraction of sp³-hybridized carbons (Fsp3) is 0.267. The Kier molecular flexibility index (Phi) is 6.31. The molecule has 0 radical (unpaired) electrons. The summed E-state index contributed by atoms with van der Waals surface area (Å²) in [5.41, 5.74) is 13.9. The van der Waals surface area contributed by atoms with E-state index in [-0.39, 0.29) is 5.69 Å². The van der Waals surface area contributed by atoms with E-state index in [1.165, 1.54) is 59.9 Å². The van der Waals surface area contributed by atoms with Crippen LogP contribution in [0.25, 0.3) is 16.8 Å². The molecule has 1 aromatic heterocycles. The van der Waals surface area contributed by atoms with Crippen LogP contribution < -0.4 is 5.73 Å². The molecule has 1 aliphatic carbocycles. The lowest BCUT2D eigenvalue weighted by molar-refractivity contribution is 0.0995. The Balaban J connectivity index is 1.21. The molecule has 172 valence electrons. The minimum atomic E-state index is -0.512. The molecule has 5 rings (SSSR count). The highest BCUT2D eigenvalue weighted by atomic mass is 16.1. The SMILES string of the molecule is Cc1cc(C(N)=O)nn1-c1ccc(Cc2ccc(-c3ccc(CCC4CCC4)cc3)cc2)cc1. The van der Waals surface area contributed by atoms with Crippen LogP contribution in [0.1, 0.15) is 58.6 Å². The fourth-order valence-corrected chi connectivity index (χ4v) is 4.68. The van der Waals surface area contributed by atoms with Gasteiger partial charge in [-0.05, 0) is 78.1 Å². The van der Waals surface area contributed by atoms with E-state index >= 15 is 0 Å². The second-order valence-corrected chi connectivity index (χ2v) is 9.52. The van der Waals surface area contributed by atoms with Gasteiger partial charge in [0.1, 0.15) is 0 Å². The summed E-state index contributed by atoms with van der Waals surface area (Å²) in [5.74, 6) is 0.453. The number of benzene rings is 3. The summed E-state index contributed by atoms with van der Waals surface area (Å²) in [6, 6.07) is 27.9. The molecule has 1 heterocycles. The third kappa shape index (κ3) is 4.96. The first-order valence-electron chi connectivity index (χ1n) is 12.2. The van der Waals surface area contributed by atoms with Gasteiger partial charge in [0.2, 0.25) is 0 Å². The maximum absolute atomic E-state index is 11.4. The first-order valence-corrected chi connectivity index (χ1v) is 12.2. The highest BCUT2D eigenvalue weighted by molar-refractivity contribution is 5.90. The van der Waals surface area contributed by atoms with Gasteiger partial charge in [-0.25, -0.2) is 4.68 Å². The molecule has 34 heavy (non-hydrogen) atoms. The number of hydrogen-bond acceptors (Lipinski definition) is 2. The second-order valence-electron chi connectivity index (χ2n) is 9.52. The Morgan fingerprint density at radius 3 is 1.94 bits per heavy atom. The van der Waals surface area contributed by atoms with Crippen molar-refractivity contribution in [2.24, 2.45) is 11.7 Å². The number of amides is 1. The van der Waals surface area contributed by atoms with Crippen LogP contribution >= 0.6 is 0 Å². The monoisotopic (exact) mass is 449 g/mol. The number of aryl methyl sites for hydroxylation is 2. The molecule has 0 spiro atoms. The van der Waals surface area contributed by atoms with E-state index in [0.717, 1.165) is 23.7 Å². The predicted molar refractivity (Wildman–Crippen MR) is 137 cm³/mol. The molecule has 0 saturated heterocycles. The molecule has 1 saturated carbocycles. The molecule has 4 heteroatoms. The Labute approximate surface area is 201 Å². The average Bonchev–Trinajstić information content (AvgIpc) is 3.22. The zero-order valence-electron chi connectivity index (χ0n) is 19.7. The van der Waals surface area contributed by atoms with Crippen LogP contribution in [-0.2, 0) is 12.8 Å². The molecule has 1 aliphatic rings. The zero-order chi connectivity index (χ0) is 23.5. The van der Waals surface area contributed by atoms with Crippen molar-refractivity contribution >= 4 is 5.91 Å². The molecule has 3 aromatic carbocycles. The van der Waals surface area contributed by atoms with Crippen molar-refractivity contribution in [3.8, 4) is 16.8 Å². The van der Waals surface area contributed by atoms with Crippen LogP contribution in [0.4, 0.5) is 0 Å². The van der Waals surface area contributed by atoms with Gasteiger partial charge in [0.15, 0.2) is 5.69 Å². The average molecular weight is 450 g/mol. The van der Waals surface area contributed by atoms with Crippen LogP contribution in [0.15, 0.2) is 78.9 Å². The lowest BCUT2D eigenvalue weighted by atomic mass is 9.81. The molecule has 0 unspecified atom stereocenters. The van der Waals surface area contributed by atoms with Crippen molar-refractivity contribution in [1.82, 2.24) is 9.78 Å². The van der Waals surface area contributed by atoms with Gasteiger partial charge in [-0.3, -0.25) is 4.79 Å². The number of aromatic nitrogens is 2. The van der Waals surface area contributed by atoms with Crippen LogP contribution in [0, 0.1) is 12.8 Å². The minimum absolute atomic E-state index is 0.282. The van der Waals surface area contributed by atoms with Crippen molar-refractivity contribution in [2.45, 2.75) is 45.4 Å². The zero-order valence-corrected chi connectivity index (χ0v) is 19.7. The van der Waals surface area contributed by atoms with E-state index in [9.17, 15) is 4.79 Å². The largest absolute Gasteiger partial charge is 0.364 e. The summed E-state index contributed by atoms with van der Waals surface area (Å²) >= 11 is 0. The molecule has 2 N–H and O–H groups in total. The van der Waals surface area contributed by atoms with Crippen LogP contribution in [0.3, 0.4) is 0 Å². The molecular weight excluding hydrogens is 418 g/mol. The number of primary amides is 1. The third-order valence-electron chi connectivity index (χ3n) is 7.04. The van der Waals surface area contributed by atoms with Gasteiger partial charge in [-0.1, -0.05) is 79.9 Å². The molecule has 0 atom stereocenters. The van der Waals surface area contributed by atoms with Gasteiger partial charge < -0.3 is 5.73 Å². The fourth-order valence-electron chi connectivity index (χ4n) is 4.68. The minimum Gasteiger partial charge on any atom is -0.364 e. The number of hydrogen-bond donors (Lipinski definition) is 1. The van der Waals surface area contributed by atoms with Crippen LogP contribution in [-0.4, -0.2) is 15.7 Å². The van der Waals surface area contributed by atoms with Gasteiger partial charge in [0, 0.05) is 5.69 Å². The summed E-state index contributed by atoms with van der Waals surface area (Å²) in [4.78, 5) is 11.4. The summed E-state index contributed by atoms with van der Waals surface area (Å²) in [6.45, 7) is 1.91. The summed E-state index contributed by atoms with van der Waals surface area (Å²) in [5, 5.41) is 4.30. The standard InChI is InChI=1S/C30H31N3O/c1-21-19-29(30(31)34)32-33(21)28-17-11-25(12-18-28)20-24-9-15-27(16-10-24)26-13-7-23(8-14-26)6-5-22-3-2-4-22/h7-19,22H,2-6,20H2,1H3,(H2,31,34). The van der Waals surface area contributed by atoms with Crippen molar-refractivity contribution in [1.29, 1.82) is 0 Å². The van der Waals surface area contributed by atoms with E-state index in [4.69, 9.17) is 5.73 Å². The number of nitrogens with zero attached hydrogens (tertiary/aromatic N) is 2. The predicted octanol–water partition coefficient (Wildman–Crippen LogP) is 6.27. The van der Waals surface area contributed by atoms with E-state index in [2.05, 4.69) is 65.8 Å². The summed E-state index contributed by atoms with van der Waals surface area (Å²) in [6.07, 6.45) is 7.69. The normalized spacial score (nSPS) is 13.6. The smallest absolute Gasteiger partial charge is 0.269 e. The number of carbonyl (C=O) groups excluding carboxylic acids is 1. The van der Waals surface area contributed by atoms with Gasteiger partial charge in [-0.2, -0.15) is 5.10 Å². The molecular formula is C30H31N3O. The van der Waals surface area contributed by atoms with Gasteiger partial charge >= 0.3 is 0 Å². The Bertz CT molecular complexity index is 1260. The highest BCUT2D eigenvalue weighted by Crippen LogP contribution is 2.31. The van der Waals surface area contributed by atoms with Crippen molar-refractivity contribution in [2.75, 3.05) is 0 Å². The molecule has 0 bridgehead atoms. The lowest BCUT2D eigenvalue weighted by Crippen LogP contribution is -2.12. The van der Waals surface area contributed by atoms with E-state index < -0.39 is 5.91 Å². The first-order chi connectivity index (χ1) is 16.5. The molecule has 0 aliphatic heterocycles. The number of nitrogens with two attached hydrogens (primary N) is 1. The van der Waals surface area contributed by atoms with E-state index in [1.54, 1.807) is 10.7 Å². The molecule has 4 aromatic rings. The quantitative estimate of drug-likeness (QED) is 0.345. The van der Waals surface area contributed by atoms with E-state index in [0.29, 0.717) is 0 Å². The van der Waals surface area contributed by atoms with Crippen LogP contribution in [0.5, 0.6) is 0 Å². The third-order valence-corrected chi connectivity index (χ3v) is 7.04. The number of rotatable bonds is 8. The van der Waals surface area contributed by atoms with Gasteiger partial charge in [0.05, 0.1) is 5.69 Å². The molecule has 1 amide bonds. The van der Waals surface area contributed by atoms with Crippen molar-refractivity contribution in [3.05, 3.63) is 107 Å². The Hall–Kier alpha value is -3.66. The molecule has 1 fully saturated rings. The summed E-state index contributed by atoms with van der Waals surface area (Å²) in [7, 11) is 0. The first kappa shape index (κ1) is 22.1. The van der Waals surface area contributed by atoms with E-state index in [1.807, 2.05) is 19.1 Å². The van der Waals surface area contributed by atoms with Gasteiger partial charge in [-0.15, -0.1) is 0 Å². The maximum Gasteiger partial charge on any atom is 0.269 e. The summed E-state index contributed by atoms with van der Waals surface area (Å²) < 4.78 is 1.75. The molecule has 4 nitrogen and oxygen atoms in total. The lowest BCUT2D eigenvalue weighted by Gasteiger charge is -2.25. The van der Waals surface area contributed by atoms with Crippen molar-refractivity contribution < 1.29 is 4.79 Å². The number of carbonyl (C=O) groups is 1. The highest BCUT2D eigenvalue weighted by Gasteiger charge is 2.16. The maximum atomic E-state index is 11.4. The Morgan fingerprint density at radius 1 is 0.882 bits per heavy atom. The van der Waals surface area contributed by atoms with Crippen LogP contribution in [0.2, 0.25) is 0 Å². The van der Waals surface area contributed by atoms with Crippen molar-refractivity contribution in [3.63, 3.8) is 0 Å². The second kappa shape index (κ2) is 9.68.